The highest BCUT2D eigenvalue weighted by Crippen LogP contribution is 2.25. The van der Waals surface area contributed by atoms with Crippen molar-refractivity contribution in [1.82, 2.24) is 10.2 Å². The Morgan fingerprint density at radius 2 is 1.79 bits per heavy atom. The smallest absolute Gasteiger partial charge is 0.325 e. The van der Waals surface area contributed by atoms with Gasteiger partial charge in [0.05, 0.1) is 12.5 Å². The molecule has 7 heteroatoms. The van der Waals surface area contributed by atoms with Gasteiger partial charge in [-0.15, -0.1) is 0 Å². The minimum absolute atomic E-state index is 0.0275. The summed E-state index contributed by atoms with van der Waals surface area (Å²) in [4.78, 5) is 35.1. The van der Waals surface area contributed by atoms with Crippen LogP contribution in [0.2, 0.25) is 0 Å². The molecule has 0 saturated carbocycles. The van der Waals surface area contributed by atoms with E-state index in [1.54, 1.807) is 13.8 Å². The highest BCUT2D eigenvalue weighted by molar-refractivity contribution is 5.81. The number of carbonyl (C=O) groups excluding carboxylic acids is 2. The number of carboxylic acid groups (broad SMARTS) is 1. The zero-order chi connectivity index (χ0) is 15.1. The molecular weight excluding hydrogens is 252 g/mol. The Balaban J connectivity index is 4.49. The second-order valence-electron chi connectivity index (χ2n) is 4.38. The van der Waals surface area contributed by atoms with Crippen LogP contribution in [0.4, 0.5) is 4.79 Å². The van der Waals surface area contributed by atoms with Gasteiger partial charge in [-0.1, -0.05) is 13.8 Å². The summed E-state index contributed by atoms with van der Waals surface area (Å²) in [6.07, 6.45) is 0.833. The minimum Gasteiger partial charge on any atom is -0.481 e. The molecule has 0 aliphatic carbocycles. The Hall–Kier alpha value is -1.79. The number of likely N-dealkylation sites (N-methyl/N-ethyl adjacent to an activating group) is 1. The first kappa shape index (κ1) is 17.2. The Labute approximate surface area is 112 Å². The number of aliphatic carboxylic acids is 1. The van der Waals surface area contributed by atoms with Gasteiger partial charge in [-0.05, 0) is 12.8 Å². The van der Waals surface area contributed by atoms with Crippen LogP contribution in [0.15, 0.2) is 0 Å². The van der Waals surface area contributed by atoms with Crippen molar-refractivity contribution in [3.63, 3.8) is 0 Å². The number of rotatable bonds is 7. The number of urea groups is 1. The fourth-order valence-electron chi connectivity index (χ4n) is 1.59. The molecule has 0 aliphatic rings. The van der Waals surface area contributed by atoms with Crippen LogP contribution >= 0.6 is 0 Å². The van der Waals surface area contributed by atoms with E-state index < -0.39 is 23.4 Å². The molecule has 19 heavy (non-hydrogen) atoms. The Kier molecular flexibility index (Phi) is 6.89. The number of methoxy groups -OCH3 is 1. The summed E-state index contributed by atoms with van der Waals surface area (Å²) in [5, 5.41) is 11.8. The highest BCUT2D eigenvalue weighted by Gasteiger charge is 2.35. The molecule has 0 aromatic carbocycles. The molecule has 0 unspecified atom stereocenters. The zero-order valence-electron chi connectivity index (χ0n) is 11.9. The molecule has 0 aromatic rings. The molecule has 0 heterocycles. The molecule has 0 bridgehead atoms. The predicted molar refractivity (Wildman–Crippen MR) is 68.7 cm³/mol. The lowest BCUT2D eigenvalue weighted by atomic mass is 9.82. The molecule has 0 saturated heterocycles. The number of ether oxygens (including phenoxy) is 1. The van der Waals surface area contributed by atoms with E-state index >= 15 is 0 Å². The fraction of sp³-hybridized carbons (Fsp3) is 0.750. The van der Waals surface area contributed by atoms with E-state index in [2.05, 4.69) is 10.1 Å². The molecular formula is C12H22N2O5. The van der Waals surface area contributed by atoms with Gasteiger partial charge in [0.1, 0.15) is 6.54 Å². The fourth-order valence-corrected chi connectivity index (χ4v) is 1.59. The summed E-state index contributed by atoms with van der Waals surface area (Å²) in [6, 6.07) is -0.502. The van der Waals surface area contributed by atoms with Gasteiger partial charge in [0.2, 0.25) is 0 Å². The standard InChI is InChI=1S/C12H22N2O5/c1-5-12(6-2,10(16)17)8-13-11(18)14(3)7-9(15)19-4/h5-8H2,1-4H3,(H,13,18)(H,16,17). The number of nitrogens with one attached hydrogen (secondary N) is 1. The summed E-state index contributed by atoms with van der Waals surface area (Å²) in [5.74, 6) is -1.47. The van der Waals surface area contributed by atoms with Crippen molar-refractivity contribution in [3.8, 4) is 0 Å². The maximum atomic E-state index is 11.7. The second kappa shape index (κ2) is 7.60. The van der Waals surface area contributed by atoms with Crippen LogP contribution in [0.1, 0.15) is 26.7 Å². The lowest BCUT2D eigenvalue weighted by molar-refractivity contribution is -0.149. The van der Waals surface area contributed by atoms with E-state index in [0.29, 0.717) is 12.8 Å². The van der Waals surface area contributed by atoms with Crippen LogP contribution in [-0.2, 0) is 14.3 Å². The molecule has 0 radical (unpaired) electrons. The van der Waals surface area contributed by atoms with Crippen molar-refractivity contribution >= 4 is 18.0 Å². The van der Waals surface area contributed by atoms with Crippen LogP contribution in [0.25, 0.3) is 0 Å². The topological polar surface area (TPSA) is 95.9 Å². The molecule has 0 rings (SSSR count). The summed E-state index contributed by atoms with van der Waals surface area (Å²) in [5.41, 5.74) is -0.970. The van der Waals surface area contributed by atoms with E-state index in [0.717, 1.165) is 4.90 Å². The molecule has 7 nitrogen and oxygen atoms in total. The van der Waals surface area contributed by atoms with Crippen molar-refractivity contribution < 1.29 is 24.2 Å². The number of hydrogen-bond donors (Lipinski definition) is 2. The van der Waals surface area contributed by atoms with Gasteiger partial charge < -0.3 is 20.1 Å². The summed E-state index contributed by atoms with van der Waals surface area (Å²) < 4.78 is 4.44. The number of carboxylic acids is 1. The number of amides is 2. The molecule has 2 amide bonds. The van der Waals surface area contributed by atoms with Crippen LogP contribution < -0.4 is 5.32 Å². The normalized spacial score (nSPS) is 10.7. The maximum Gasteiger partial charge on any atom is 0.325 e. The molecule has 0 aliphatic heterocycles. The van der Waals surface area contributed by atoms with Gasteiger partial charge in [0, 0.05) is 13.6 Å². The van der Waals surface area contributed by atoms with Gasteiger partial charge in [0.25, 0.3) is 0 Å². The van der Waals surface area contributed by atoms with Crippen LogP contribution in [0, 0.1) is 5.41 Å². The van der Waals surface area contributed by atoms with E-state index in [9.17, 15) is 19.5 Å². The second-order valence-corrected chi connectivity index (χ2v) is 4.38. The summed E-state index contributed by atoms with van der Waals surface area (Å²) in [7, 11) is 2.67. The van der Waals surface area contributed by atoms with Crippen molar-refractivity contribution in [3.05, 3.63) is 0 Å². The molecule has 0 atom stereocenters. The monoisotopic (exact) mass is 274 g/mol. The number of nitrogens with zero attached hydrogens (tertiary/aromatic N) is 1. The lowest BCUT2D eigenvalue weighted by Crippen LogP contribution is -2.47. The average molecular weight is 274 g/mol. The maximum absolute atomic E-state index is 11.7. The third kappa shape index (κ3) is 4.76. The third-order valence-electron chi connectivity index (χ3n) is 3.33. The van der Waals surface area contributed by atoms with E-state index in [1.807, 2.05) is 0 Å². The average Bonchev–Trinajstić information content (AvgIpc) is 2.39. The van der Waals surface area contributed by atoms with E-state index in [4.69, 9.17) is 0 Å². The number of esters is 1. The summed E-state index contributed by atoms with van der Waals surface area (Å²) in [6.45, 7) is 3.38. The van der Waals surface area contributed by atoms with Gasteiger partial charge in [-0.2, -0.15) is 0 Å². The number of hydrogen-bond acceptors (Lipinski definition) is 4. The van der Waals surface area contributed by atoms with E-state index in [-0.39, 0.29) is 13.1 Å². The molecule has 0 fully saturated rings. The molecule has 2 N–H and O–H groups in total. The quantitative estimate of drug-likeness (QED) is 0.666. The van der Waals surface area contributed by atoms with Gasteiger partial charge in [0.15, 0.2) is 0 Å². The Morgan fingerprint density at radius 3 is 2.16 bits per heavy atom. The molecule has 110 valence electrons. The minimum atomic E-state index is -0.970. The largest absolute Gasteiger partial charge is 0.481 e. The van der Waals surface area contributed by atoms with Crippen LogP contribution in [-0.4, -0.2) is 55.2 Å². The van der Waals surface area contributed by atoms with Gasteiger partial charge >= 0.3 is 18.0 Å². The zero-order valence-corrected chi connectivity index (χ0v) is 11.9. The first-order chi connectivity index (χ1) is 8.82. The molecule has 0 aromatic heterocycles. The van der Waals surface area contributed by atoms with Crippen LogP contribution in [0.5, 0.6) is 0 Å². The van der Waals surface area contributed by atoms with Gasteiger partial charge in [-0.25, -0.2) is 4.79 Å². The Bertz CT molecular complexity index is 339. The first-order valence-corrected chi connectivity index (χ1v) is 6.12. The molecule has 0 spiro atoms. The predicted octanol–water partition coefficient (Wildman–Crippen LogP) is 0.692. The van der Waals surface area contributed by atoms with E-state index in [1.165, 1.54) is 14.2 Å². The van der Waals surface area contributed by atoms with Crippen molar-refractivity contribution in [2.24, 2.45) is 5.41 Å². The van der Waals surface area contributed by atoms with Crippen LogP contribution in [0.3, 0.4) is 0 Å². The summed E-state index contributed by atoms with van der Waals surface area (Å²) >= 11 is 0. The van der Waals surface area contributed by atoms with Crippen molar-refractivity contribution in [2.45, 2.75) is 26.7 Å². The Morgan fingerprint density at radius 1 is 1.26 bits per heavy atom. The van der Waals surface area contributed by atoms with Gasteiger partial charge in [-0.3, -0.25) is 9.59 Å². The third-order valence-corrected chi connectivity index (χ3v) is 3.33. The first-order valence-electron chi connectivity index (χ1n) is 6.12. The SMILES string of the molecule is CCC(CC)(CNC(=O)N(C)CC(=O)OC)C(=O)O. The number of carbonyl (C=O) groups is 3. The lowest BCUT2D eigenvalue weighted by Gasteiger charge is -2.28. The van der Waals surface area contributed by atoms with Crippen molar-refractivity contribution in [1.29, 1.82) is 0 Å². The van der Waals surface area contributed by atoms with Crippen molar-refractivity contribution in [2.75, 3.05) is 27.2 Å². The highest BCUT2D eigenvalue weighted by atomic mass is 16.5.